The predicted molar refractivity (Wildman–Crippen MR) is 36.4 cm³/mol. The van der Waals surface area contributed by atoms with Crippen molar-refractivity contribution in [2.45, 2.75) is 13.8 Å². The van der Waals surface area contributed by atoms with Gasteiger partial charge in [-0.25, -0.2) is 0 Å². The average molecular weight is 116 g/mol. The van der Waals surface area contributed by atoms with Crippen LogP contribution in [-0.2, 0) is 0 Å². The van der Waals surface area contributed by atoms with Crippen LogP contribution in [0.5, 0.6) is 0 Å². The Morgan fingerprint density at radius 1 is 1.43 bits per heavy atom. The highest BCUT2D eigenvalue weighted by Gasteiger charge is 2.19. The molecule has 1 aliphatic heterocycles. The molecule has 0 N–H and O–H groups in total. The van der Waals surface area contributed by atoms with E-state index < -0.39 is 0 Å². The largest absolute Gasteiger partial charge is 0.121 e. The molecule has 0 spiro atoms. The first-order valence-corrected chi connectivity index (χ1v) is 4.43. The van der Waals surface area contributed by atoms with E-state index in [-0.39, 0.29) is 0 Å². The predicted octanol–water partition coefficient (Wildman–Crippen LogP) is 1.95. The zero-order valence-corrected chi connectivity index (χ0v) is 6.07. The molecule has 0 saturated carbocycles. The molecule has 1 fully saturated rings. The van der Waals surface area contributed by atoms with Crippen molar-refractivity contribution in [1.29, 1.82) is 0 Å². The number of hydrogen-bond acceptors (Lipinski definition) is 0. The standard InChI is InChI=1S/C6H13P/c1-5(2)6-3-7-4-6/h5-7H,3-4H2,1-2H3. The highest BCUT2D eigenvalue weighted by Crippen LogP contribution is 2.35. The Labute approximate surface area is 47.5 Å². The maximum Gasteiger partial charge on any atom is -0.0317 e. The summed E-state index contributed by atoms with van der Waals surface area (Å²) in [5, 5.41) is 0. The van der Waals surface area contributed by atoms with E-state index in [1.807, 2.05) is 0 Å². The lowest BCUT2D eigenvalue weighted by Crippen LogP contribution is -2.21. The molecule has 0 aliphatic carbocycles. The molecule has 1 heteroatoms. The normalized spacial score (nSPS) is 33.9. The minimum Gasteiger partial charge on any atom is -0.121 e. The minimum atomic E-state index is 0.959. The van der Waals surface area contributed by atoms with Crippen LogP contribution in [0.3, 0.4) is 0 Å². The van der Waals surface area contributed by atoms with Crippen LogP contribution in [0.25, 0.3) is 0 Å². The van der Waals surface area contributed by atoms with Crippen LogP contribution in [0, 0.1) is 11.8 Å². The van der Waals surface area contributed by atoms with Gasteiger partial charge in [-0.1, -0.05) is 13.8 Å². The molecule has 1 saturated heterocycles. The van der Waals surface area contributed by atoms with Crippen molar-refractivity contribution in [3.8, 4) is 0 Å². The molecule has 0 radical (unpaired) electrons. The Morgan fingerprint density at radius 3 is 2.00 bits per heavy atom. The first-order chi connectivity index (χ1) is 3.30. The monoisotopic (exact) mass is 116 g/mol. The molecular weight excluding hydrogens is 103 g/mol. The summed E-state index contributed by atoms with van der Waals surface area (Å²) < 4.78 is 0. The lowest BCUT2D eigenvalue weighted by molar-refractivity contribution is 0.447. The summed E-state index contributed by atoms with van der Waals surface area (Å²) in [4.78, 5) is 0. The molecule has 0 bridgehead atoms. The minimum absolute atomic E-state index is 0.959. The highest BCUT2D eigenvalue weighted by atomic mass is 31.1. The zero-order chi connectivity index (χ0) is 5.28. The summed E-state index contributed by atoms with van der Waals surface area (Å²) >= 11 is 0. The summed E-state index contributed by atoms with van der Waals surface area (Å²) in [5.74, 6) is 2.06. The van der Waals surface area contributed by atoms with Crippen LogP contribution in [0.4, 0.5) is 0 Å². The van der Waals surface area contributed by atoms with Crippen molar-refractivity contribution in [3.63, 3.8) is 0 Å². The summed E-state index contributed by atoms with van der Waals surface area (Å²) in [5.41, 5.74) is 0. The molecule has 0 atom stereocenters. The van der Waals surface area contributed by atoms with Gasteiger partial charge in [0.2, 0.25) is 0 Å². The van der Waals surface area contributed by atoms with E-state index in [1.54, 1.807) is 0 Å². The van der Waals surface area contributed by atoms with Gasteiger partial charge < -0.3 is 0 Å². The molecular formula is C6H13P. The van der Waals surface area contributed by atoms with Crippen molar-refractivity contribution < 1.29 is 0 Å². The topological polar surface area (TPSA) is 0 Å². The van der Waals surface area contributed by atoms with Crippen molar-refractivity contribution in [2.75, 3.05) is 12.3 Å². The van der Waals surface area contributed by atoms with Crippen LogP contribution in [0.15, 0.2) is 0 Å². The quantitative estimate of drug-likeness (QED) is 0.459. The van der Waals surface area contributed by atoms with E-state index in [0.717, 1.165) is 11.8 Å². The van der Waals surface area contributed by atoms with Crippen molar-refractivity contribution >= 4 is 8.58 Å². The van der Waals surface area contributed by atoms with Crippen molar-refractivity contribution in [1.82, 2.24) is 0 Å². The van der Waals surface area contributed by atoms with Gasteiger partial charge in [-0.15, -0.1) is 8.58 Å². The third-order valence-electron chi connectivity index (χ3n) is 1.76. The van der Waals surface area contributed by atoms with Gasteiger partial charge in [0.25, 0.3) is 0 Å². The van der Waals surface area contributed by atoms with Gasteiger partial charge in [0, 0.05) is 0 Å². The molecule has 0 unspecified atom stereocenters. The van der Waals surface area contributed by atoms with E-state index in [4.69, 9.17) is 0 Å². The summed E-state index contributed by atoms with van der Waals surface area (Å²) in [6.45, 7) is 4.66. The van der Waals surface area contributed by atoms with Crippen molar-refractivity contribution in [2.24, 2.45) is 11.8 Å². The fourth-order valence-corrected chi connectivity index (χ4v) is 2.35. The summed E-state index contributed by atoms with van der Waals surface area (Å²) in [6.07, 6.45) is 3.05. The van der Waals surface area contributed by atoms with E-state index in [0.29, 0.717) is 0 Å². The average Bonchev–Trinajstić information content (AvgIpc) is 1.23. The summed E-state index contributed by atoms with van der Waals surface area (Å²) in [7, 11) is 1.29. The molecule has 0 aromatic carbocycles. The maximum atomic E-state index is 2.33. The van der Waals surface area contributed by atoms with Gasteiger partial charge in [0.05, 0.1) is 0 Å². The third-order valence-corrected chi connectivity index (χ3v) is 3.38. The van der Waals surface area contributed by atoms with Gasteiger partial charge >= 0.3 is 0 Å². The molecule has 0 aromatic rings. The molecule has 1 aliphatic rings. The molecule has 1 rings (SSSR count). The smallest absolute Gasteiger partial charge is 0.0317 e. The second kappa shape index (κ2) is 2.13. The number of hydrogen-bond donors (Lipinski definition) is 0. The molecule has 0 aromatic heterocycles. The van der Waals surface area contributed by atoms with Gasteiger partial charge in [0.15, 0.2) is 0 Å². The van der Waals surface area contributed by atoms with Crippen LogP contribution >= 0.6 is 8.58 Å². The van der Waals surface area contributed by atoms with Gasteiger partial charge in [-0.05, 0) is 24.2 Å². The van der Waals surface area contributed by atoms with Crippen LogP contribution in [0.1, 0.15) is 13.8 Å². The molecule has 0 nitrogen and oxygen atoms in total. The SMILES string of the molecule is CC(C)C1CPC1. The van der Waals surface area contributed by atoms with Crippen LogP contribution in [0.2, 0.25) is 0 Å². The van der Waals surface area contributed by atoms with Gasteiger partial charge in [-0.2, -0.15) is 0 Å². The molecule has 1 heterocycles. The van der Waals surface area contributed by atoms with E-state index in [2.05, 4.69) is 13.8 Å². The lowest BCUT2D eigenvalue weighted by Gasteiger charge is -2.28. The van der Waals surface area contributed by atoms with E-state index in [9.17, 15) is 0 Å². The third kappa shape index (κ3) is 1.16. The van der Waals surface area contributed by atoms with E-state index in [1.165, 1.54) is 20.9 Å². The lowest BCUT2D eigenvalue weighted by atomic mass is 10.00. The Balaban J connectivity index is 2.14. The Hall–Kier alpha value is 0.430. The molecule has 0 amide bonds. The van der Waals surface area contributed by atoms with Crippen molar-refractivity contribution in [3.05, 3.63) is 0 Å². The molecule has 7 heavy (non-hydrogen) atoms. The van der Waals surface area contributed by atoms with Gasteiger partial charge in [0.1, 0.15) is 0 Å². The second-order valence-electron chi connectivity index (χ2n) is 2.66. The van der Waals surface area contributed by atoms with E-state index >= 15 is 0 Å². The fourth-order valence-electron chi connectivity index (χ4n) is 0.782. The Morgan fingerprint density at radius 2 is 2.00 bits per heavy atom. The molecule has 42 valence electrons. The Bertz CT molecular complexity index is 55.2. The first-order valence-electron chi connectivity index (χ1n) is 3.01. The van der Waals surface area contributed by atoms with Crippen LogP contribution in [-0.4, -0.2) is 12.3 Å². The highest BCUT2D eigenvalue weighted by molar-refractivity contribution is 7.39. The van der Waals surface area contributed by atoms with Gasteiger partial charge in [-0.3, -0.25) is 0 Å². The summed E-state index contributed by atoms with van der Waals surface area (Å²) in [6, 6.07) is 0. The maximum absolute atomic E-state index is 2.33. The van der Waals surface area contributed by atoms with Crippen LogP contribution < -0.4 is 0 Å². The fraction of sp³-hybridized carbons (Fsp3) is 1.00. The first kappa shape index (κ1) is 5.56. The second-order valence-corrected chi connectivity index (χ2v) is 3.98. The Kier molecular flexibility index (Phi) is 1.69. The zero-order valence-electron chi connectivity index (χ0n) is 5.07. The number of rotatable bonds is 1.